The summed E-state index contributed by atoms with van der Waals surface area (Å²) in [6.07, 6.45) is 0. The van der Waals surface area contributed by atoms with Crippen LogP contribution in [-0.4, -0.2) is 15.0 Å². The average molecular weight is 676 g/mol. The second kappa shape index (κ2) is 11.7. The summed E-state index contributed by atoms with van der Waals surface area (Å²) < 4.78 is 6.49. The van der Waals surface area contributed by atoms with E-state index in [1.165, 1.54) is 32.5 Å². The van der Waals surface area contributed by atoms with Gasteiger partial charge in [0.2, 0.25) is 0 Å². The van der Waals surface area contributed by atoms with E-state index in [9.17, 15) is 0 Å². The zero-order valence-corrected chi connectivity index (χ0v) is 28.5. The third kappa shape index (κ3) is 4.73. The van der Waals surface area contributed by atoms with E-state index >= 15 is 0 Å². The van der Waals surface area contributed by atoms with Gasteiger partial charge in [-0.25, -0.2) is 15.0 Å². The van der Waals surface area contributed by atoms with Gasteiger partial charge in [-0.15, -0.1) is 0 Å². The van der Waals surface area contributed by atoms with Crippen LogP contribution in [0.2, 0.25) is 0 Å². The molecule has 0 N–H and O–H groups in total. The number of aromatic nitrogens is 3. The molecule has 0 unspecified atom stereocenters. The summed E-state index contributed by atoms with van der Waals surface area (Å²) in [6, 6.07) is 61.7. The van der Waals surface area contributed by atoms with Crippen molar-refractivity contribution in [3.63, 3.8) is 0 Å². The van der Waals surface area contributed by atoms with Gasteiger partial charge in [-0.05, 0) is 67.0 Å². The van der Waals surface area contributed by atoms with Gasteiger partial charge in [-0.3, -0.25) is 0 Å². The quantitative estimate of drug-likeness (QED) is 0.174. The van der Waals surface area contributed by atoms with Gasteiger partial charge < -0.3 is 4.42 Å². The number of fused-ring (bicyclic) bond motifs is 9. The molecule has 11 rings (SSSR count). The van der Waals surface area contributed by atoms with Crippen molar-refractivity contribution in [1.82, 2.24) is 15.0 Å². The van der Waals surface area contributed by atoms with Crippen molar-refractivity contribution in [2.75, 3.05) is 0 Å². The van der Waals surface area contributed by atoms with Crippen molar-refractivity contribution in [1.29, 1.82) is 0 Å². The molecule has 2 heterocycles. The fraction of sp³-hybridized carbons (Fsp3) is 0. The highest BCUT2D eigenvalue weighted by atomic mass is 16.3. The van der Waals surface area contributed by atoms with Crippen LogP contribution in [0.4, 0.5) is 0 Å². The lowest BCUT2D eigenvalue weighted by atomic mass is 9.93. The van der Waals surface area contributed by atoms with Crippen molar-refractivity contribution in [3.8, 4) is 45.3 Å². The number of para-hydroxylation sites is 2. The molecule has 0 saturated heterocycles. The van der Waals surface area contributed by atoms with Crippen LogP contribution in [0.3, 0.4) is 0 Å². The molecule has 246 valence electrons. The summed E-state index contributed by atoms with van der Waals surface area (Å²) >= 11 is 0. The zero-order chi connectivity index (χ0) is 34.9. The molecule has 0 bridgehead atoms. The monoisotopic (exact) mass is 675 g/mol. The van der Waals surface area contributed by atoms with Crippen molar-refractivity contribution < 1.29 is 4.42 Å². The van der Waals surface area contributed by atoms with E-state index in [2.05, 4.69) is 152 Å². The Bertz CT molecular complexity index is 3230. The first-order chi connectivity index (χ1) is 26.3. The first-order valence-corrected chi connectivity index (χ1v) is 17.9. The molecule has 9 aromatic carbocycles. The molecule has 0 atom stereocenters. The van der Waals surface area contributed by atoms with Crippen LogP contribution in [0.1, 0.15) is 0 Å². The standard InChI is InChI=1S/C49H29N3O/c1-4-15-36-30(11-1)23-26-32-13-9-20-41(45(32)36)48-50-47(51-49(52-48)42-21-10-19-40-39-18-7-8-22-44(39)53-46(40)42)33-27-24-31(25-28-33)43-29-34-12-2-3-14-35(34)37-16-5-6-17-38(37)43/h1-29H. The smallest absolute Gasteiger partial charge is 0.167 e. The topological polar surface area (TPSA) is 51.8 Å². The lowest BCUT2D eigenvalue weighted by Gasteiger charge is -2.13. The van der Waals surface area contributed by atoms with Crippen LogP contribution < -0.4 is 0 Å². The summed E-state index contributed by atoms with van der Waals surface area (Å²) in [5.41, 5.74) is 6.62. The van der Waals surface area contributed by atoms with Crippen LogP contribution in [0, 0.1) is 0 Å². The molecule has 53 heavy (non-hydrogen) atoms. The van der Waals surface area contributed by atoms with E-state index in [0.29, 0.717) is 17.5 Å². The Morgan fingerprint density at radius 1 is 0.321 bits per heavy atom. The second-order valence-corrected chi connectivity index (χ2v) is 13.5. The van der Waals surface area contributed by atoms with Gasteiger partial charge in [0.1, 0.15) is 11.2 Å². The van der Waals surface area contributed by atoms with Crippen LogP contribution >= 0.6 is 0 Å². The number of benzene rings is 9. The molecule has 2 aromatic heterocycles. The minimum atomic E-state index is 0.566. The van der Waals surface area contributed by atoms with Crippen LogP contribution in [-0.2, 0) is 0 Å². The molecule has 11 aromatic rings. The highest BCUT2D eigenvalue weighted by Gasteiger charge is 2.19. The molecular formula is C49H29N3O. The first kappa shape index (κ1) is 29.5. The van der Waals surface area contributed by atoms with Gasteiger partial charge in [-0.1, -0.05) is 158 Å². The Morgan fingerprint density at radius 3 is 1.74 bits per heavy atom. The van der Waals surface area contributed by atoms with E-state index in [4.69, 9.17) is 19.4 Å². The van der Waals surface area contributed by atoms with Gasteiger partial charge in [0, 0.05) is 27.3 Å². The number of hydrogen-bond donors (Lipinski definition) is 0. The third-order valence-corrected chi connectivity index (χ3v) is 10.5. The fourth-order valence-electron chi connectivity index (χ4n) is 8.01. The van der Waals surface area contributed by atoms with E-state index < -0.39 is 0 Å². The molecule has 0 aliphatic rings. The van der Waals surface area contributed by atoms with Crippen molar-refractivity contribution >= 4 is 65.0 Å². The Morgan fingerprint density at radius 2 is 0.887 bits per heavy atom. The van der Waals surface area contributed by atoms with Crippen LogP contribution in [0.5, 0.6) is 0 Å². The fourth-order valence-corrected chi connectivity index (χ4v) is 8.01. The second-order valence-electron chi connectivity index (χ2n) is 13.5. The molecular weight excluding hydrogens is 647 g/mol. The van der Waals surface area contributed by atoms with E-state index in [1.54, 1.807) is 0 Å². The van der Waals surface area contributed by atoms with Gasteiger partial charge >= 0.3 is 0 Å². The molecule has 4 nitrogen and oxygen atoms in total. The van der Waals surface area contributed by atoms with Gasteiger partial charge in [-0.2, -0.15) is 0 Å². The van der Waals surface area contributed by atoms with Gasteiger partial charge in [0.05, 0.1) is 5.56 Å². The van der Waals surface area contributed by atoms with Gasteiger partial charge in [0.15, 0.2) is 17.5 Å². The molecule has 0 aliphatic heterocycles. The van der Waals surface area contributed by atoms with Crippen molar-refractivity contribution in [2.45, 2.75) is 0 Å². The molecule has 0 amide bonds. The first-order valence-electron chi connectivity index (χ1n) is 17.9. The van der Waals surface area contributed by atoms with E-state index in [1.807, 2.05) is 24.3 Å². The Balaban J connectivity index is 1.13. The summed E-state index contributed by atoms with van der Waals surface area (Å²) in [5, 5.41) is 11.6. The highest BCUT2D eigenvalue weighted by Crippen LogP contribution is 2.39. The third-order valence-electron chi connectivity index (χ3n) is 10.5. The molecule has 0 spiro atoms. The SMILES string of the molecule is c1ccc2c(c1)cc(-c1ccc(-c3nc(-c4cccc5c4oc4ccccc45)nc(-c4cccc5ccc6ccccc6c45)n3)cc1)c1ccccc12. The van der Waals surface area contributed by atoms with Crippen molar-refractivity contribution in [2.24, 2.45) is 0 Å². The summed E-state index contributed by atoms with van der Waals surface area (Å²) in [7, 11) is 0. The molecule has 0 aliphatic carbocycles. The molecule has 0 radical (unpaired) electrons. The largest absolute Gasteiger partial charge is 0.455 e. The lowest BCUT2D eigenvalue weighted by molar-refractivity contribution is 0.669. The van der Waals surface area contributed by atoms with E-state index in [-0.39, 0.29) is 0 Å². The number of nitrogens with zero attached hydrogens (tertiary/aromatic N) is 3. The van der Waals surface area contributed by atoms with Crippen LogP contribution in [0.25, 0.3) is 110 Å². The maximum Gasteiger partial charge on any atom is 0.167 e. The van der Waals surface area contributed by atoms with Crippen LogP contribution in [0.15, 0.2) is 180 Å². The number of rotatable bonds is 4. The number of hydrogen-bond acceptors (Lipinski definition) is 4. The Hall–Kier alpha value is -7.17. The Labute approximate surface area is 304 Å². The molecule has 4 heteroatoms. The summed E-state index contributed by atoms with van der Waals surface area (Å²) in [4.78, 5) is 15.6. The van der Waals surface area contributed by atoms with Gasteiger partial charge in [0.25, 0.3) is 0 Å². The van der Waals surface area contributed by atoms with E-state index in [0.717, 1.165) is 60.4 Å². The minimum Gasteiger partial charge on any atom is -0.455 e. The summed E-state index contributed by atoms with van der Waals surface area (Å²) in [6.45, 7) is 0. The number of furan rings is 1. The predicted molar refractivity (Wildman–Crippen MR) is 219 cm³/mol. The molecule has 0 saturated carbocycles. The maximum atomic E-state index is 6.49. The average Bonchev–Trinajstić information content (AvgIpc) is 3.62. The minimum absolute atomic E-state index is 0.566. The van der Waals surface area contributed by atoms with Crippen molar-refractivity contribution in [3.05, 3.63) is 176 Å². The highest BCUT2D eigenvalue weighted by molar-refractivity contribution is 6.15. The zero-order valence-electron chi connectivity index (χ0n) is 28.5. The Kier molecular flexibility index (Phi) is 6.52. The normalized spacial score (nSPS) is 11.8. The summed E-state index contributed by atoms with van der Waals surface area (Å²) in [5.74, 6) is 1.78. The lowest BCUT2D eigenvalue weighted by Crippen LogP contribution is -2.01. The predicted octanol–water partition coefficient (Wildman–Crippen LogP) is 13.1. The molecule has 0 fully saturated rings. The maximum absolute atomic E-state index is 6.49.